The maximum atomic E-state index is 12.9. The second-order valence-corrected chi connectivity index (χ2v) is 13.8. The summed E-state index contributed by atoms with van der Waals surface area (Å²) < 4.78 is 5.82. The van der Waals surface area contributed by atoms with Crippen LogP contribution in [0.2, 0.25) is 0 Å². The zero-order chi connectivity index (χ0) is 23.4. The van der Waals surface area contributed by atoms with Crippen LogP contribution in [-0.4, -0.2) is 16.3 Å². The van der Waals surface area contributed by atoms with E-state index in [1.165, 1.54) is 31.2 Å². The molecule has 1 aromatic rings. The number of nitrogens with zero attached hydrogens (tertiary/aromatic N) is 1. The minimum absolute atomic E-state index is 0.0182. The van der Waals surface area contributed by atoms with Crippen molar-refractivity contribution in [1.82, 2.24) is 10.6 Å². The molecular weight excluding hydrogens is 412 g/mol. The van der Waals surface area contributed by atoms with Gasteiger partial charge in [-0.1, -0.05) is 46.2 Å². The van der Waals surface area contributed by atoms with E-state index in [4.69, 9.17) is 4.52 Å². The van der Waals surface area contributed by atoms with Gasteiger partial charge in [0.1, 0.15) is 5.76 Å². The van der Waals surface area contributed by atoms with Crippen molar-refractivity contribution < 1.29 is 14.5 Å². The highest BCUT2D eigenvalue weighted by Crippen LogP contribution is 2.76. The highest BCUT2D eigenvalue weighted by Gasteiger charge is 2.70. The maximum Gasteiger partial charge on any atom is 0.249 e. The number of hydrogen-bond donors (Lipinski definition) is 2. The molecule has 0 radical (unpaired) electrons. The molecule has 1 amide bonds. The summed E-state index contributed by atoms with van der Waals surface area (Å²) in [7, 11) is 0. The van der Waals surface area contributed by atoms with E-state index in [1.807, 2.05) is 6.20 Å². The van der Waals surface area contributed by atoms with Gasteiger partial charge in [0.05, 0.1) is 11.6 Å². The van der Waals surface area contributed by atoms with Gasteiger partial charge in [-0.3, -0.25) is 10.0 Å². The Hall–Kier alpha value is -1.36. The third-order valence-electron chi connectivity index (χ3n) is 12.9. The lowest BCUT2D eigenvalue weighted by molar-refractivity contribution is -0.224. The van der Waals surface area contributed by atoms with Crippen molar-refractivity contribution in [3.8, 4) is 0 Å². The quantitative estimate of drug-likeness (QED) is 0.400. The normalized spacial score (nSPS) is 49.8. The van der Waals surface area contributed by atoms with Crippen molar-refractivity contribution in [2.45, 2.75) is 104 Å². The lowest BCUT2D eigenvalue weighted by Crippen LogP contribution is -2.66. The first-order chi connectivity index (χ1) is 15.5. The number of carbonyl (C=O) groups excluding carboxylic acids is 1. The van der Waals surface area contributed by atoms with E-state index >= 15 is 0 Å². The molecule has 33 heavy (non-hydrogen) atoms. The second kappa shape index (κ2) is 6.65. The fourth-order valence-electron chi connectivity index (χ4n) is 11.4. The van der Waals surface area contributed by atoms with Crippen molar-refractivity contribution >= 4 is 5.91 Å². The number of hydroxylamine groups is 1. The predicted octanol–water partition coefficient (Wildman–Crippen LogP) is 6.05. The molecule has 4 saturated carbocycles. The first-order valence-electron chi connectivity index (χ1n) is 13.4. The Kier molecular flexibility index (Phi) is 4.46. The van der Waals surface area contributed by atoms with Gasteiger partial charge in [-0.2, -0.15) is 0 Å². The van der Waals surface area contributed by atoms with Crippen molar-refractivity contribution in [2.24, 2.45) is 45.3 Å². The Morgan fingerprint density at radius 2 is 1.76 bits per heavy atom. The molecule has 0 aliphatic heterocycles. The standard InChI is InChI=1S/C28H42N2O3/c1-24(2)20-10-12-27(5)21(25(20,3)15-17-16-29-33-22(17)24)9-8-18-19-7-6-11-28(19,23(31)30-32)14-13-26(18,27)4/h16,18-21,32H,6-15H2,1-5H3,(H,30,31)/t18?,19?,20?,21?,25?,26-,27?,28?/m1/s1. The first-order valence-corrected chi connectivity index (χ1v) is 13.4. The molecule has 6 rings (SSSR count). The zero-order valence-corrected chi connectivity index (χ0v) is 21.2. The summed E-state index contributed by atoms with van der Waals surface area (Å²) in [6.45, 7) is 12.6. The van der Waals surface area contributed by atoms with Crippen LogP contribution < -0.4 is 5.48 Å². The highest BCUT2D eigenvalue weighted by molar-refractivity contribution is 5.82. The van der Waals surface area contributed by atoms with Gasteiger partial charge in [-0.25, -0.2) is 5.48 Å². The fraction of sp³-hybridized carbons (Fsp3) is 0.857. The molecule has 4 fully saturated rings. The van der Waals surface area contributed by atoms with Gasteiger partial charge >= 0.3 is 0 Å². The van der Waals surface area contributed by atoms with Gasteiger partial charge in [0, 0.05) is 11.0 Å². The third-order valence-corrected chi connectivity index (χ3v) is 12.9. The van der Waals surface area contributed by atoms with Crippen LogP contribution in [0.15, 0.2) is 10.7 Å². The lowest BCUT2D eigenvalue weighted by atomic mass is 9.32. The summed E-state index contributed by atoms with van der Waals surface area (Å²) in [5, 5.41) is 13.8. The molecule has 1 aromatic heterocycles. The zero-order valence-electron chi connectivity index (χ0n) is 21.2. The summed E-state index contributed by atoms with van der Waals surface area (Å²) in [5.41, 5.74) is 3.85. The summed E-state index contributed by atoms with van der Waals surface area (Å²) in [4.78, 5) is 12.9. The molecule has 5 aliphatic rings. The molecule has 8 atom stereocenters. The van der Waals surface area contributed by atoms with Crippen LogP contribution in [0.1, 0.15) is 104 Å². The monoisotopic (exact) mass is 454 g/mol. The molecule has 1 heterocycles. The van der Waals surface area contributed by atoms with Gasteiger partial charge in [0.25, 0.3) is 0 Å². The average Bonchev–Trinajstić information content (AvgIpc) is 3.41. The van der Waals surface area contributed by atoms with E-state index in [0.29, 0.717) is 23.7 Å². The van der Waals surface area contributed by atoms with Crippen LogP contribution in [-0.2, 0) is 16.6 Å². The van der Waals surface area contributed by atoms with E-state index in [9.17, 15) is 10.0 Å². The lowest BCUT2D eigenvalue weighted by Gasteiger charge is -2.71. The SMILES string of the molecule is CC1(C)c2oncc2CC2(C)C1CCC1(C)C2CCC2C3CCCC3(C(=O)NO)CC[C@]21C. The smallest absolute Gasteiger partial charge is 0.249 e. The number of hydrogen-bond acceptors (Lipinski definition) is 4. The Bertz CT molecular complexity index is 986. The highest BCUT2D eigenvalue weighted by atomic mass is 16.5. The van der Waals surface area contributed by atoms with E-state index < -0.39 is 0 Å². The average molecular weight is 455 g/mol. The first kappa shape index (κ1) is 22.1. The largest absolute Gasteiger partial charge is 0.361 e. The Morgan fingerprint density at radius 3 is 2.52 bits per heavy atom. The molecule has 0 saturated heterocycles. The molecule has 0 bridgehead atoms. The molecule has 5 nitrogen and oxygen atoms in total. The molecule has 0 spiro atoms. The number of carbonyl (C=O) groups is 1. The third kappa shape index (κ3) is 2.43. The van der Waals surface area contributed by atoms with Gasteiger partial charge in [0.15, 0.2) is 0 Å². The van der Waals surface area contributed by atoms with E-state index in [-0.39, 0.29) is 33.0 Å². The molecule has 2 N–H and O–H groups in total. The maximum absolute atomic E-state index is 12.9. The van der Waals surface area contributed by atoms with Gasteiger partial charge in [-0.15, -0.1) is 0 Å². The van der Waals surface area contributed by atoms with Crippen LogP contribution >= 0.6 is 0 Å². The van der Waals surface area contributed by atoms with Gasteiger partial charge in [0.2, 0.25) is 5.91 Å². The molecule has 7 unspecified atom stereocenters. The molecule has 5 aliphatic carbocycles. The van der Waals surface area contributed by atoms with Gasteiger partial charge < -0.3 is 4.52 Å². The molecule has 182 valence electrons. The summed E-state index contributed by atoms with van der Waals surface area (Å²) >= 11 is 0. The Balaban J connectivity index is 1.41. The number of amides is 1. The van der Waals surface area contributed by atoms with E-state index in [2.05, 4.69) is 45.3 Å². The summed E-state index contributed by atoms with van der Waals surface area (Å²) in [5.74, 6) is 3.29. The molecule has 5 heteroatoms. The second-order valence-electron chi connectivity index (χ2n) is 13.8. The van der Waals surface area contributed by atoms with Crippen molar-refractivity contribution in [3.05, 3.63) is 17.5 Å². The van der Waals surface area contributed by atoms with Crippen LogP contribution in [0.3, 0.4) is 0 Å². The van der Waals surface area contributed by atoms with E-state index in [1.54, 1.807) is 0 Å². The fourth-order valence-corrected chi connectivity index (χ4v) is 11.4. The van der Waals surface area contributed by atoms with Crippen molar-refractivity contribution in [2.75, 3.05) is 0 Å². The van der Waals surface area contributed by atoms with Crippen LogP contribution in [0.4, 0.5) is 0 Å². The van der Waals surface area contributed by atoms with Crippen LogP contribution in [0.25, 0.3) is 0 Å². The predicted molar refractivity (Wildman–Crippen MR) is 125 cm³/mol. The number of fused-ring (bicyclic) bond motifs is 8. The summed E-state index contributed by atoms with van der Waals surface area (Å²) in [6.07, 6.45) is 13.3. The number of rotatable bonds is 1. The minimum Gasteiger partial charge on any atom is -0.361 e. The topological polar surface area (TPSA) is 75.4 Å². The van der Waals surface area contributed by atoms with Crippen LogP contribution in [0, 0.1) is 45.3 Å². The summed E-state index contributed by atoms with van der Waals surface area (Å²) in [6, 6.07) is 0. The van der Waals surface area contributed by atoms with Crippen molar-refractivity contribution in [1.29, 1.82) is 0 Å². The Labute approximate surface area is 198 Å². The molecular formula is C28H42N2O3. The van der Waals surface area contributed by atoms with E-state index in [0.717, 1.165) is 44.3 Å². The van der Waals surface area contributed by atoms with Crippen molar-refractivity contribution in [3.63, 3.8) is 0 Å². The van der Waals surface area contributed by atoms with Gasteiger partial charge in [-0.05, 0) is 97.7 Å². The molecule has 0 aromatic carbocycles. The minimum atomic E-state index is -0.340. The number of aromatic nitrogens is 1. The van der Waals surface area contributed by atoms with Crippen LogP contribution in [0.5, 0.6) is 0 Å². The Morgan fingerprint density at radius 1 is 0.970 bits per heavy atom. The number of nitrogens with one attached hydrogen (secondary N) is 1.